The second-order valence-electron chi connectivity index (χ2n) is 4.45. The largest absolute Gasteiger partial charge is 0.425 e. The van der Waals surface area contributed by atoms with Crippen molar-refractivity contribution in [3.63, 3.8) is 0 Å². The van der Waals surface area contributed by atoms with Crippen LogP contribution in [0.4, 0.5) is 0 Å². The summed E-state index contributed by atoms with van der Waals surface area (Å²) in [5.74, 6) is -1.34. The SMILES string of the molecule is CCNC(=O)C(=O)c1nc(C2CNCCS2)cc(=N)n1O. The van der Waals surface area contributed by atoms with Gasteiger partial charge >= 0.3 is 0 Å². The van der Waals surface area contributed by atoms with Crippen molar-refractivity contribution in [2.24, 2.45) is 0 Å². The second kappa shape index (κ2) is 6.72. The highest BCUT2D eigenvalue weighted by Gasteiger charge is 2.25. The van der Waals surface area contributed by atoms with Gasteiger partial charge in [0.25, 0.3) is 11.7 Å². The number of hydrogen-bond donors (Lipinski definition) is 4. The number of rotatable bonds is 4. The van der Waals surface area contributed by atoms with E-state index in [0.29, 0.717) is 23.5 Å². The highest BCUT2D eigenvalue weighted by molar-refractivity contribution is 7.99. The molecular formula is C12H17N5O3S. The van der Waals surface area contributed by atoms with E-state index in [2.05, 4.69) is 15.6 Å². The summed E-state index contributed by atoms with van der Waals surface area (Å²) in [6.45, 7) is 3.54. The van der Waals surface area contributed by atoms with Crippen molar-refractivity contribution in [1.82, 2.24) is 20.3 Å². The van der Waals surface area contributed by atoms with Gasteiger partial charge in [0.1, 0.15) is 0 Å². The molecule has 1 atom stereocenters. The van der Waals surface area contributed by atoms with Crippen molar-refractivity contribution in [3.05, 3.63) is 23.1 Å². The van der Waals surface area contributed by atoms with Gasteiger partial charge in [0.15, 0.2) is 5.49 Å². The molecule has 0 bridgehead atoms. The van der Waals surface area contributed by atoms with Crippen molar-refractivity contribution in [1.29, 1.82) is 5.41 Å². The molecule has 114 valence electrons. The lowest BCUT2D eigenvalue weighted by molar-refractivity contribution is -0.117. The third-order valence-electron chi connectivity index (χ3n) is 2.95. The highest BCUT2D eigenvalue weighted by Crippen LogP contribution is 2.28. The molecule has 0 radical (unpaired) electrons. The molecule has 1 unspecified atom stereocenters. The molecule has 2 rings (SSSR count). The second-order valence-corrected chi connectivity index (χ2v) is 5.76. The summed E-state index contributed by atoms with van der Waals surface area (Å²) in [7, 11) is 0. The minimum absolute atomic E-state index is 0.00941. The lowest BCUT2D eigenvalue weighted by Crippen LogP contribution is -2.37. The molecule has 1 aromatic heterocycles. The zero-order valence-corrected chi connectivity index (χ0v) is 12.4. The van der Waals surface area contributed by atoms with Crippen LogP contribution in [0, 0.1) is 5.41 Å². The average molecular weight is 311 g/mol. The first-order valence-corrected chi connectivity index (χ1v) is 7.62. The predicted octanol–water partition coefficient (Wildman–Crippen LogP) is -0.704. The lowest BCUT2D eigenvalue weighted by Gasteiger charge is -2.22. The van der Waals surface area contributed by atoms with Crippen molar-refractivity contribution < 1.29 is 14.8 Å². The third-order valence-corrected chi connectivity index (χ3v) is 4.20. The number of Topliss-reactive ketones (excluding diaryl/α,β-unsaturated/α-hetero) is 1. The van der Waals surface area contributed by atoms with E-state index in [9.17, 15) is 14.8 Å². The zero-order chi connectivity index (χ0) is 15.4. The summed E-state index contributed by atoms with van der Waals surface area (Å²) >= 11 is 1.66. The van der Waals surface area contributed by atoms with Gasteiger partial charge in [-0.15, -0.1) is 16.5 Å². The van der Waals surface area contributed by atoms with Crippen LogP contribution in [0.5, 0.6) is 0 Å². The smallest absolute Gasteiger partial charge is 0.295 e. The summed E-state index contributed by atoms with van der Waals surface area (Å²) in [6, 6.07) is 1.40. The van der Waals surface area contributed by atoms with Gasteiger partial charge in [-0.25, -0.2) is 4.98 Å². The Morgan fingerprint density at radius 2 is 2.43 bits per heavy atom. The Bertz CT molecular complexity index is 609. The van der Waals surface area contributed by atoms with Crippen LogP contribution in [-0.4, -0.2) is 52.0 Å². The molecule has 0 aliphatic carbocycles. The minimum Gasteiger partial charge on any atom is -0.425 e. The van der Waals surface area contributed by atoms with Crippen LogP contribution < -0.4 is 16.1 Å². The standard InChI is InChI=1S/C12H17N5O3S/c1-2-15-12(19)10(18)11-16-7(5-9(13)17(11)20)8-6-14-3-4-21-8/h5,8,13-14,20H,2-4,6H2,1H3,(H,15,19). The van der Waals surface area contributed by atoms with Gasteiger partial charge in [0.2, 0.25) is 5.82 Å². The number of thioether (sulfide) groups is 1. The number of carbonyl (C=O) groups is 2. The maximum atomic E-state index is 12.0. The third kappa shape index (κ3) is 3.42. The molecule has 1 aliphatic rings. The maximum absolute atomic E-state index is 12.0. The number of amides is 1. The summed E-state index contributed by atoms with van der Waals surface area (Å²) in [6.07, 6.45) is 0. The molecule has 8 nitrogen and oxygen atoms in total. The molecule has 4 N–H and O–H groups in total. The molecule has 1 fully saturated rings. The van der Waals surface area contributed by atoms with E-state index in [1.165, 1.54) is 6.07 Å². The molecule has 1 aromatic rings. The van der Waals surface area contributed by atoms with Crippen molar-refractivity contribution in [2.45, 2.75) is 12.2 Å². The molecule has 0 spiro atoms. The quantitative estimate of drug-likeness (QED) is 0.331. The summed E-state index contributed by atoms with van der Waals surface area (Å²) in [5.41, 5.74) is 0.231. The Hall–Kier alpha value is -1.87. The fraction of sp³-hybridized carbons (Fsp3) is 0.500. The van der Waals surface area contributed by atoms with Gasteiger partial charge in [-0.1, -0.05) is 0 Å². The number of nitrogens with one attached hydrogen (secondary N) is 3. The van der Waals surface area contributed by atoms with E-state index in [1.807, 2.05) is 0 Å². The molecule has 1 saturated heterocycles. The Labute approximate surface area is 125 Å². The minimum atomic E-state index is -0.955. The number of aromatic nitrogens is 2. The van der Waals surface area contributed by atoms with Crippen LogP contribution >= 0.6 is 11.8 Å². The van der Waals surface area contributed by atoms with E-state index in [4.69, 9.17) is 5.41 Å². The molecule has 1 amide bonds. The topological polar surface area (TPSA) is 120 Å². The number of hydrogen-bond acceptors (Lipinski definition) is 7. The van der Waals surface area contributed by atoms with Crippen LogP contribution in [0.25, 0.3) is 0 Å². The Balaban J connectivity index is 2.36. The lowest BCUT2D eigenvalue weighted by atomic mass is 10.2. The van der Waals surface area contributed by atoms with Crippen LogP contribution in [0.3, 0.4) is 0 Å². The Morgan fingerprint density at radius 1 is 1.67 bits per heavy atom. The monoisotopic (exact) mass is 311 g/mol. The van der Waals surface area contributed by atoms with Gasteiger partial charge in [0.05, 0.1) is 10.9 Å². The maximum Gasteiger partial charge on any atom is 0.295 e. The molecule has 0 aromatic carbocycles. The number of likely N-dealkylation sites (N-methyl/N-ethyl adjacent to an activating group) is 1. The molecule has 21 heavy (non-hydrogen) atoms. The van der Waals surface area contributed by atoms with E-state index < -0.39 is 17.5 Å². The molecule has 2 heterocycles. The van der Waals surface area contributed by atoms with Gasteiger partial charge in [-0.2, -0.15) is 0 Å². The number of ketones is 1. The van der Waals surface area contributed by atoms with Crippen LogP contribution in [0.2, 0.25) is 0 Å². The molecular weight excluding hydrogens is 294 g/mol. The Kier molecular flexibility index (Phi) is 4.97. The molecule has 9 heteroatoms. The highest BCUT2D eigenvalue weighted by atomic mass is 32.2. The van der Waals surface area contributed by atoms with E-state index in [0.717, 1.165) is 12.3 Å². The Morgan fingerprint density at radius 3 is 3.05 bits per heavy atom. The normalized spacial score (nSPS) is 18.2. The number of carbonyl (C=O) groups excluding carboxylic acids is 2. The molecule has 1 aliphatic heterocycles. The predicted molar refractivity (Wildman–Crippen MR) is 76.3 cm³/mol. The van der Waals surface area contributed by atoms with E-state index in [1.54, 1.807) is 18.7 Å². The van der Waals surface area contributed by atoms with Crippen molar-refractivity contribution in [3.8, 4) is 0 Å². The molecule has 0 saturated carbocycles. The van der Waals surface area contributed by atoms with E-state index >= 15 is 0 Å². The van der Waals surface area contributed by atoms with Crippen LogP contribution in [-0.2, 0) is 4.79 Å². The van der Waals surface area contributed by atoms with Crippen LogP contribution in [0.15, 0.2) is 6.07 Å². The average Bonchev–Trinajstić information content (AvgIpc) is 2.50. The van der Waals surface area contributed by atoms with Crippen LogP contribution in [0.1, 0.15) is 28.5 Å². The van der Waals surface area contributed by atoms with Gasteiger partial charge < -0.3 is 15.8 Å². The summed E-state index contributed by atoms with van der Waals surface area (Å²) < 4.78 is 0.335. The fourth-order valence-electron chi connectivity index (χ4n) is 1.93. The van der Waals surface area contributed by atoms with Crippen molar-refractivity contribution >= 4 is 23.5 Å². The van der Waals surface area contributed by atoms with Crippen molar-refractivity contribution in [2.75, 3.05) is 25.4 Å². The summed E-state index contributed by atoms with van der Waals surface area (Å²) in [5, 5.41) is 23.0. The number of nitrogens with zero attached hydrogens (tertiary/aromatic N) is 2. The first kappa shape index (κ1) is 15.5. The van der Waals surface area contributed by atoms with Gasteiger partial charge in [-0.05, 0) is 6.92 Å². The van der Waals surface area contributed by atoms with E-state index in [-0.39, 0.29) is 10.7 Å². The van der Waals surface area contributed by atoms with Gasteiger partial charge in [-0.3, -0.25) is 15.0 Å². The first-order chi connectivity index (χ1) is 10.0. The zero-order valence-electron chi connectivity index (χ0n) is 11.5. The fourth-order valence-corrected chi connectivity index (χ4v) is 3.00. The first-order valence-electron chi connectivity index (χ1n) is 6.57. The summed E-state index contributed by atoms with van der Waals surface area (Å²) in [4.78, 5) is 27.7. The van der Waals surface area contributed by atoms with Gasteiger partial charge in [0, 0.05) is 31.5 Å².